The third-order valence-electron chi connectivity index (χ3n) is 2.77. The predicted octanol–water partition coefficient (Wildman–Crippen LogP) is 3.80. The van der Waals surface area contributed by atoms with Crippen LogP contribution in [0.2, 0.25) is 0 Å². The number of halogens is 1. The number of thiophene rings is 1. The number of methoxy groups -OCH3 is 2. The lowest BCUT2D eigenvalue weighted by atomic mass is 10.1. The van der Waals surface area contributed by atoms with E-state index in [1.165, 1.54) is 0 Å². The van der Waals surface area contributed by atoms with Gasteiger partial charge < -0.3 is 14.6 Å². The van der Waals surface area contributed by atoms with Gasteiger partial charge >= 0.3 is 0 Å². The molecule has 0 bridgehead atoms. The Bertz CT molecular complexity index is 531. The van der Waals surface area contributed by atoms with Crippen molar-refractivity contribution in [3.8, 4) is 11.5 Å². The molecule has 0 amide bonds. The van der Waals surface area contributed by atoms with Crippen LogP contribution in [0, 0.1) is 0 Å². The first-order chi connectivity index (χ1) is 9.12. The molecule has 2 rings (SSSR count). The van der Waals surface area contributed by atoms with Crippen molar-refractivity contribution in [1.29, 1.82) is 0 Å². The van der Waals surface area contributed by atoms with E-state index in [0.29, 0.717) is 17.9 Å². The second-order valence-corrected chi connectivity index (χ2v) is 6.01. The first-order valence-electron chi connectivity index (χ1n) is 5.76. The highest BCUT2D eigenvalue weighted by Crippen LogP contribution is 2.30. The summed E-state index contributed by atoms with van der Waals surface area (Å²) in [5.41, 5.74) is 0.792. The molecule has 2 aromatic rings. The minimum Gasteiger partial charge on any atom is -0.497 e. The van der Waals surface area contributed by atoms with Crippen LogP contribution in [0.5, 0.6) is 11.5 Å². The Morgan fingerprint density at radius 2 is 1.79 bits per heavy atom. The fourth-order valence-electron chi connectivity index (χ4n) is 1.79. The molecule has 0 aliphatic carbocycles. The molecule has 1 atom stereocenters. The Morgan fingerprint density at radius 1 is 1.16 bits per heavy atom. The Morgan fingerprint density at radius 3 is 2.26 bits per heavy atom. The molecule has 3 nitrogen and oxygen atoms in total. The third kappa shape index (κ3) is 3.72. The van der Waals surface area contributed by atoms with Gasteiger partial charge in [-0.3, -0.25) is 0 Å². The van der Waals surface area contributed by atoms with Crippen molar-refractivity contribution in [2.45, 2.75) is 12.5 Å². The van der Waals surface area contributed by atoms with E-state index in [1.54, 1.807) is 31.6 Å². The van der Waals surface area contributed by atoms with Crippen molar-refractivity contribution in [3.63, 3.8) is 0 Å². The smallest absolute Gasteiger partial charge is 0.122 e. The van der Waals surface area contributed by atoms with Gasteiger partial charge in [-0.25, -0.2) is 0 Å². The van der Waals surface area contributed by atoms with Crippen LogP contribution in [0.25, 0.3) is 0 Å². The summed E-state index contributed by atoms with van der Waals surface area (Å²) < 4.78 is 11.5. The largest absolute Gasteiger partial charge is 0.497 e. The topological polar surface area (TPSA) is 38.7 Å². The Labute approximate surface area is 124 Å². The SMILES string of the molecule is COc1cc(OC)cc(C(O)Cc2cc(Br)cs2)c1. The van der Waals surface area contributed by atoms with Gasteiger partial charge in [0, 0.05) is 27.2 Å². The van der Waals surface area contributed by atoms with E-state index in [0.717, 1.165) is 14.9 Å². The van der Waals surface area contributed by atoms with Crippen LogP contribution in [0.1, 0.15) is 16.5 Å². The number of aliphatic hydroxyl groups excluding tert-OH is 1. The minimum absolute atomic E-state index is 0.574. The quantitative estimate of drug-likeness (QED) is 0.897. The molecule has 1 unspecified atom stereocenters. The summed E-state index contributed by atoms with van der Waals surface area (Å²) in [6.07, 6.45) is 0.00149. The zero-order valence-corrected chi connectivity index (χ0v) is 13.1. The summed E-state index contributed by atoms with van der Waals surface area (Å²) in [5, 5.41) is 12.3. The van der Waals surface area contributed by atoms with Crippen LogP contribution in [0.3, 0.4) is 0 Å². The monoisotopic (exact) mass is 342 g/mol. The number of hydrogen-bond acceptors (Lipinski definition) is 4. The van der Waals surface area contributed by atoms with Gasteiger partial charge in [-0.15, -0.1) is 11.3 Å². The van der Waals surface area contributed by atoms with Crippen molar-refractivity contribution in [2.75, 3.05) is 14.2 Å². The van der Waals surface area contributed by atoms with Gasteiger partial charge in [0.1, 0.15) is 11.5 Å². The molecular formula is C14H15BrO3S. The zero-order valence-electron chi connectivity index (χ0n) is 10.7. The van der Waals surface area contributed by atoms with Crippen LogP contribution in [0.15, 0.2) is 34.1 Å². The second kappa shape index (κ2) is 6.41. The molecule has 0 fully saturated rings. The van der Waals surface area contributed by atoms with Crippen molar-refractivity contribution in [3.05, 3.63) is 44.6 Å². The van der Waals surface area contributed by atoms with E-state index in [4.69, 9.17) is 9.47 Å². The number of rotatable bonds is 5. The highest BCUT2D eigenvalue weighted by molar-refractivity contribution is 9.10. The summed E-state index contributed by atoms with van der Waals surface area (Å²) in [6.45, 7) is 0. The molecule has 5 heteroatoms. The van der Waals surface area contributed by atoms with Gasteiger partial charge in [-0.05, 0) is 39.7 Å². The second-order valence-electron chi connectivity index (χ2n) is 4.10. The molecule has 1 heterocycles. The summed E-state index contributed by atoms with van der Waals surface area (Å²) in [5.74, 6) is 1.36. The normalized spacial score (nSPS) is 12.2. The zero-order chi connectivity index (χ0) is 13.8. The molecule has 0 aliphatic heterocycles. The number of aliphatic hydroxyl groups is 1. The molecule has 1 N–H and O–H groups in total. The lowest BCUT2D eigenvalue weighted by molar-refractivity contribution is 0.178. The Kier molecular flexibility index (Phi) is 4.85. The molecule has 1 aromatic carbocycles. The van der Waals surface area contributed by atoms with E-state index in [2.05, 4.69) is 15.9 Å². The number of benzene rings is 1. The first kappa shape index (κ1) is 14.4. The van der Waals surface area contributed by atoms with Crippen LogP contribution in [-0.4, -0.2) is 19.3 Å². The maximum Gasteiger partial charge on any atom is 0.122 e. The minimum atomic E-state index is -0.574. The Hall–Kier alpha value is -1.04. The van der Waals surface area contributed by atoms with Crippen LogP contribution >= 0.6 is 27.3 Å². The fraction of sp³-hybridized carbons (Fsp3) is 0.286. The Balaban J connectivity index is 2.20. The molecule has 0 spiro atoms. The molecule has 0 saturated heterocycles. The van der Waals surface area contributed by atoms with E-state index in [1.807, 2.05) is 23.6 Å². The van der Waals surface area contributed by atoms with E-state index in [-0.39, 0.29) is 0 Å². The fourth-order valence-corrected chi connectivity index (χ4v) is 3.28. The van der Waals surface area contributed by atoms with Gasteiger partial charge in [0.15, 0.2) is 0 Å². The predicted molar refractivity (Wildman–Crippen MR) is 80.2 cm³/mol. The highest BCUT2D eigenvalue weighted by atomic mass is 79.9. The van der Waals surface area contributed by atoms with Crippen molar-refractivity contribution in [2.24, 2.45) is 0 Å². The van der Waals surface area contributed by atoms with Crippen molar-refractivity contribution >= 4 is 27.3 Å². The maximum atomic E-state index is 10.3. The highest BCUT2D eigenvalue weighted by Gasteiger charge is 2.13. The van der Waals surface area contributed by atoms with Crippen molar-refractivity contribution in [1.82, 2.24) is 0 Å². The third-order valence-corrected chi connectivity index (χ3v) is 4.49. The lowest BCUT2D eigenvalue weighted by Gasteiger charge is -2.13. The van der Waals surface area contributed by atoms with E-state index < -0.39 is 6.10 Å². The van der Waals surface area contributed by atoms with Gasteiger partial charge in [0.05, 0.1) is 20.3 Å². The molecule has 0 aliphatic rings. The van der Waals surface area contributed by atoms with Crippen LogP contribution in [0.4, 0.5) is 0 Å². The van der Waals surface area contributed by atoms with Crippen LogP contribution in [-0.2, 0) is 6.42 Å². The first-order valence-corrected chi connectivity index (χ1v) is 7.43. The molecule has 1 aromatic heterocycles. The summed E-state index contributed by atoms with van der Waals surface area (Å²) in [4.78, 5) is 1.13. The standard InChI is InChI=1S/C14H15BrO3S/c1-17-11-3-9(4-12(6-11)18-2)14(16)7-13-5-10(15)8-19-13/h3-6,8,14,16H,7H2,1-2H3. The molecule has 19 heavy (non-hydrogen) atoms. The number of ether oxygens (including phenoxy) is 2. The summed E-state index contributed by atoms with van der Waals surface area (Å²) in [7, 11) is 3.20. The van der Waals surface area contributed by atoms with Crippen LogP contribution < -0.4 is 9.47 Å². The molecule has 0 radical (unpaired) electrons. The summed E-state index contributed by atoms with van der Waals surface area (Å²) >= 11 is 5.04. The molecule has 0 saturated carbocycles. The van der Waals surface area contributed by atoms with Crippen molar-refractivity contribution < 1.29 is 14.6 Å². The lowest BCUT2D eigenvalue weighted by Crippen LogP contribution is -2.01. The maximum absolute atomic E-state index is 10.3. The summed E-state index contributed by atoms with van der Waals surface area (Å²) in [6, 6.07) is 7.47. The number of hydrogen-bond donors (Lipinski definition) is 1. The van der Waals surface area contributed by atoms with E-state index in [9.17, 15) is 5.11 Å². The van der Waals surface area contributed by atoms with Gasteiger partial charge in [-0.1, -0.05) is 0 Å². The average Bonchev–Trinajstić information content (AvgIpc) is 2.83. The average molecular weight is 343 g/mol. The molecular weight excluding hydrogens is 328 g/mol. The van der Waals surface area contributed by atoms with Gasteiger partial charge in [0.2, 0.25) is 0 Å². The van der Waals surface area contributed by atoms with E-state index >= 15 is 0 Å². The van der Waals surface area contributed by atoms with Gasteiger partial charge in [-0.2, -0.15) is 0 Å². The molecule has 102 valence electrons. The van der Waals surface area contributed by atoms with Gasteiger partial charge in [0.25, 0.3) is 0 Å².